The predicted octanol–water partition coefficient (Wildman–Crippen LogP) is 7.54. The monoisotopic (exact) mass is 215 g/mol. The lowest BCUT2D eigenvalue weighted by Gasteiger charge is -1.64. The largest absolute Gasteiger partial charge is 0.105 e. The molecule has 14 heavy (non-hydrogen) atoms. The van der Waals surface area contributed by atoms with E-state index in [1.165, 1.54) is 6.32 Å². The lowest BCUT2D eigenvalue weighted by molar-refractivity contribution is 1.45. The first-order valence-corrected chi connectivity index (χ1v) is 1.69. The Morgan fingerprint density at radius 2 is 0.643 bits per heavy atom. The Morgan fingerprint density at radius 3 is 0.643 bits per heavy atom. The van der Waals surface area contributed by atoms with Crippen LogP contribution in [-0.2, 0) is 0 Å². The molecule has 1 heteroatoms. The van der Waals surface area contributed by atoms with E-state index in [1.807, 2.05) is 0 Å². The summed E-state index contributed by atoms with van der Waals surface area (Å²) in [5.41, 5.74) is 0. The summed E-state index contributed by atoms with van der Waals surface area (Å²) in [7, 11) is 2.12. The van der Waals surface area contributed by atoms with Crippen LogP contribution in [0.3, 0.4) is 0 Å². The van der Waals surface area contributed by atoms with E-state index in [9.17, 15) is 0 Å². The Kier molecular flexibility index (Phi) is 8140. The third-order valence-corrected chi connectivity index (χ3v) is 0.408. The van der Waals surface area contributed by atoms with Gasteiger partial charge in [0.05, 0.1) is 0 Å². The molecule has 0 aromatic carbocycles. The molecular weight excluding hydrogens is 167 g/mol. The van der Waals surface area contributed by atoms with Crippen LogP contribution in [0, 0.1) is 0 Å². The molecule has 0 unspecified atom stereocenters. The van der Waals surface area contributed by atoms with Crippen LogP contribution >= 0.6 is 0 Å². The van der Waals surface area contributed by atoms with Crippen molar-refractivity contribution in [3.8, 4) is 0 Å². The molecule has 0 amide bonds. The highest BCUT2D eigenvalue weighted by molar-refractivity contribution is 6.33. The molecule has 0 atom stereocenters. The summed E-state index contributed by atoms with van der Waals surface area (Å²) in [6.45, 7) is 4.18. The van der Waals surface area contributed by atoms with Crippen LogP contribution in [0.15, 0.2) is 0 Å². The predicted molar refractivity (Wildman–Crippen MR) is 89.4 cm³/mol. The third-order valence-electron chi connectivity index (χ3n) is 0.408. The average Bonchev–Trinajstić information content (AvgIpc) is 1.37. The molecule has 0 aromatic heterocycles. The molecule has 0 aliphatic carbocycles. The lowest BCUT2D eigenvalue weighted by Crippen LogP contribution is -1.67. The van der Waals surface area contributed by atoms with Gasteiger partial charge in [-0.3, -0.25) is 0 Å². The molecular formula is C13H48B. The van der Waals surface area contributed by atoms with Gasteiger partial charge >= 0.3 is 0 Å². The highest BCUT2D eigenvalue weighted by Gasteiger charge is 1.61. The molecule has 0 heterocycles. The number of rotatable bonds is 1. The minimum absolute atomic E-state index is 0. The fraction of sp³-hybridized carbons (Fsp3) is 1.00. The van der Waals surface area contributed by atoms with Crippen molar-refractivity contribution in [1.29, 1.82) is 0 Å². The Bertz CT molecular complexity index is 7.20. The SMILES string of the molecule is C.C.C.C.C.C.C.C.C.C.C[B]CC. The highest BCUT2D eigenvalue weighted by Crippen LogP contribution is 1.64. The zero-order valence-corrected chi connectivity index (χ0v) is 3.28. The molecule has 1 radical (unpaired) electrons. The second kappa shape index (κ2) is 446. The summed E-state index contributed by atoms with van der Waals surface area (Å²) in [6.07, 6.45) is 1.19. The number of hydrogen-bond donors (Lipinski definition) is 0. The molecule has 0 saturated carbocycles. The third kappa shape index (κ3) is 1300. The summed E-state index contributed by atoms with van der Waals surface area (Å²) < 4.78 is 0. The molecule has 0 spiro atoms. The van der Waals surface area contributed by atoms with Crippen molar-refractivity contribution in [1.82, 2.24) is 0 Å². The van der Waals surface area contributed by atoms with E-state index in [0.29, 0.717) is 0 Å². The van der Waals surface area contributed by atoms with Crippen LogP contribution in [0.4, 0.5) is 0 Å². The summed E-state index contributed by atoms with van der Waals surface area (Å²) in [4.78, 5) is 0. The van der Waals surface area contributed by atoms with Gasteiger partial charge in [0.15, 0.2) is 0 Å². The van der Waals surface area contributed by atoms with Gasteiger partial charge in [-0.25, -0.2) is 0 Å². The Morgan fingerprint density at radius 1 is 0.571 bits per heavy atom. The fourth-order valence-corrected chi connectivity index (χ4v) is 0. The minimum atomic E-state index is 0. The highest BCUT2D eigenvalue weighted by atomic mass is 13.3. The molecule has 103 valence electrons. The Labute approximate surface area is 102 Å². The number of hydrogen-bond acceptors (Lipinski definition) is 0. The molecule has 0 N–H and O–H groups in total. The molecule has 0 saturated heterocycles. The molecule has 0 aromatic rings. The summed E-state index contributed by atoms with van der Waals surface area (Å²) in [5, 5.41) is 0. The van der Waals surface area contributed by atoms with E-state index >= 15 is 0 Å². The van der Waals surface area contributed by atoms with E-state index in [4.69, 9.17) is 0 Å². The van der Waals surface area contributed by atoms with E-state index < -0.39 is 0 Å². The molecule has 0 rings (SSSR count). The van der Waals surface area contributed by atoms with Crippen LogP contribution in [0.2, 0.25) is 13.1 Å². The fourth-order valence-electron chi connectivity index (χ4n) is 0. The van der Waals surface area contributed by atoms with Gasteiger partial charge in [-0.2, -0.15) is 0 Å². The van der Waals surface area contributed by atoms with Crippen molar-refractivity contribution < 1.29 is 0 Å². The van der Waals surface area contributed by atoms with Gasteiger partial charge in [-0.1, -0.05) is 94.3 Å². The van der Waals surface area contributed by atoms with Crippen molar-refractivity contribution in [2.24, 2.45) is 0 Å². The zero-order valence-electron chi connectivity index (χ0n) is 3.28. The molecule has 0 bridgehead atoms. The zero-order chi connectivity index (χ0) is 3.41. The maximum absolute atomic E-state index is 2.12. The van der Waals surface area contributed by atoms with E-state index in [2.05, 4.69) is 21.0 Å². The van der Waals surface area contributed by atoms with Gasteiger partial charge in [0.1, 0.15) is 7.28 Å². The topological polar surface area (TPSA) is 0 Å². The quantitative estimate of drug-likeness (QED) is 0.396. The van der Waals surface area contributed by atoms with Crippen LogP contribution in [0.25, 0.3) is 0 Å². The van der Waals surface area contributed by atoms with Gasteiger partial charge < -0.3 is 0 Å². The smallest absolute Gasteiger partial charge is 0.0920 e. The van der Waals surface area contributed by atoms with Crippen molar-refractivity contribution in [3.63, 3.8) is 0 Å². The average molecular weight is 215 g/mol. The standard InChI is InChI=1S/C3H8B.10CH4/c1-3-4-2;;;;;;;;;;/h3H2,1-2H3;10*1H4. The van der Waals surface area contributed by atoms with E-state index in [-0.39, 0.29) is 74.3 Å². The van der Waals surface area contributed by atoms with Crippen molar-refractivity contribution in [3.05, 3.63) is 0 Å². The van der Waals surface area contributed by atoms with Gasteiger partial charge in [0.2, 0.25) is 0 Å². The Balaban J connectivity index is -0.000000001000. The van der Waals surface area contributed by atoms with Gasteiger partial charge in [0, 0.05) is 0 Å². The summed E-state index contributed by atoms with van der Waals surface area (Å²) >= 11 is 0. The lowest BCUT2D eigenvalue weighted by atomic mass is 9.79. The first kappa shape index (κ1) is 256. The summed E-state index contributed by atoms with van der Waals surface area (Å²) in [6, 6.07) is 0. The first-order valence-electron chi connectivity index (χ1n) is 1.69. The van der Waals surface area contributed by atoms with Crippen molar-refractivity contribution >= 4 is 7.28 Å². The second-order valence-electron chi connectivity index (χ2n) is 0.816. The van der Waals surface area contributed by atoms with Crippen LogP contribution in [0.1, 0.15) is 81.2 Å². The molecule has 0 aliphatic heterocycles. The molecule has 0 fully saturated rings. The maximum Gasteiger partial charge on any atom is 0.105 e. The normalized spacial score (nSPS) is 1.86. The van der Waals surface area contributed by atoms with Gasteiger partial charge in [-0.15, -0.1) is 0 Å². The molecule has 0 aliphatic rings. The van der Waals surface area contributed by atoms with Crippen LogP contribution < -0.4 is 0 Å². The molecule has 0 nitrogen and oxygen atoms in total. The van der Waals surface area contributed by atoms with Crippen molar-refractivity contribution in [2.75, 3.05) is 0 Å². The van der Waals surface area contributed by atoms with Crippen molar-refractivity contribution in [2.45, 2.75) is 94.3 Å². The first-order chi connectivity index (χ1) is 1.91. The second-order valence-corrected chi connectivity index (χ2v) is 0.816. The van der Waals surface area contributed by atoms with Gasteiger partial charge in [-0.05, 0) is 0 Å². The van der Waals surface area contributed by atoms with E-state index in [1.54, 1.807) is 0 Å². The minimum Gasteiger partial charge on any atom is -0.0920 e. The summed E-state index contributed by atoms with van der Waals surface area (Å²) in [5.74, 6) is 0. The van der Waals surface area contributed by atoms with Gasteiger partial charge in [0.25, 0.3) is 0 Å². The van der Waals surface area contributed by atoms with Crippen LogP contribution in [-0.4, -0.2) is 7.28 Å². The van der Waals surface area contributed by atoms with Crippen LogP contribution in [0.5, 0.6) is 0 Å². The Hall–Kier alpha value is 0.0649. The van der Waals surface area contributed by atoms with E-state index in [0.717, 1.165) is 0 Å². The maximum atomic E-state index is 2.12.